The zero-order valence-electron chi connectivity index (χ0n) is 17.1. The molecule has 0 spiro atoms. The van der Waals surface area contributed by atoms with Gasteiger partial charge in [-0.1, -0.05) is 30.3 Å². The lowest BCUT2D eigenvalue weighted by molar-refractivity contribution is -0.122. The van der Waals surface area contributed by atoms with Gasteiger partial charge in [-0.2, -0.15) is 8.78 Å². The highest BCUT2D eigenvalue weighted by atomic mass is 19.3. The Morgan fingerprint density at radius 3 is 2.53 bits per heavy atom. The quantitative estimate of drug-likeness (QED) is 0.581. The van der Waals surface area contributed by atoms with Crippen LogP contribution in [0.25, 0.3) is 11.1 Å². The molecule has 2 heterocycles. The molecular formula is C23H21F2N3O4. The molecule has 1 aliphatic rings. The van der Waals surface area contributed by atoms with Gasteiger partial charge in [-0.05, 0) is 59.0 Å². The van der Waals surface area contributed by atoms with Gasteiger partial charge >= 0.3 is 6.61 Å². The Labute approximate surface area is 183 Å². The second-order valence-corrected chi connectivity index (χ2v) is 6.88. The molecule has 1 unspecified atom stereocenters. The molecular weight excluding hydrogens is 420 g/mol. The number of carbonyl (C=O) groups is 1. The van der Waals surface area contributed by atoms with Crippen molar-refractivity contribution in [2.45, 2.75) is 19.1 Å². The third-order valence-electron chi connectivity index (χ3n) is 4.93. The van der Waals surface area contributed by atoms with E-state index in [1.807, 2.05) is 43.3 Å². The lowest BCUT2D eigenvalue weighted by atomic mass is 9.81. The molecule has 1 atom stereocenters. The van der Waals surface area contributed by atoms with Gasteiger partial charge in [0.05, 0.1) is 0 Å². The molecule has 7 nitrogen and oxygen atoms in total. The third kappa shape index (κ3) is 4.83. The van der Waals surface area contributed by atoms with Crippen LogP contribution in [0.15, 0.2) is 72.0 Å². The van der Waals surface area contributed by atoms with E-state index in [-0.39, 0.29) is 24.9 Å². The van der Waals surface area contributed by atoms with E-state index in [9.17, 15) is 8.78 Å². The van der Waals surface area contributed by atoms with E-state index in [1.165, 1.54) is 6.07 Å². The second kappa shape index (κ2) is 9.86. The molecule has 3 N–H and O–H groups in total. The molecule has 2 aromatic carbocycles. The first-order valence-electron chi connectivity index (χ1n) is 9.52. The molecule has 0 saturated carbocycles. The highest BCUT2D eigenvalue weighted by molar-refractivity contribution is 5.76. The van der Waals surface area contributed by atoms with Crippen molar-refractivity contribution in [1.29, 1.82) is 0 Å². The first kappa shape index (κ1) is 22.7. The maximum Gasteiger partial charge on any atom is 0.387 e. The zero-order chi connectivity index (χ0) is 23.1. The summed E-state index contributed by atoms with van der Waals surface area (Å²) >= 11 is 0. The minimum atomic E-state index is -2.88. The van der Waals surface area contributed by atoms with Crippen LogP contribution >= 0.6 is 0 Å². The molecule has 0 aliphatic carbocycles. The van der Waals surface area contributed by atoms with Gasteiger partial charge in [0.15, 0.2) is 5.54 Å². The van der Waals surface area contributed by atoms with Gasteiger partial charge in [-0.25, -0.2) is 4.99 Å². The number of amidine groups is 1. The van der Waals surface area contributed by atoms with Crippen LogP contribution in [0.5, 0.6) is 5.75 Å². The zero-order valence-corrected chi connectivity index (χ0v) is 17.1. The summed E-state index contributed by atoms with van der Waals surface area (Å²) < 4.78 is 35.2. The Kier molecular flexibility index (Phi) is 6.99. The number of nitrogens with two attached hydrogens (primary N) is 1. The lowest BCUT2D eigenvalue weighted by Gasteiger charge is -2.27. The van der Waals surface area contributed by atoms with Crippen LogP contribution in [0.1, 0.15) is 16.7 Å². The van der Waals surface area contributed by atoms with E-state index < -0.39 is 12.2 Å². The molecule has 0 saturated heterocycles. The fourth-order valence-corrected chi connectivity index (χ4v) is 3.64. The number of rotatable bonds is 5. The largest absolute Gasteiger partial charge is 0.483 e. The maximum absolute atomic E-state index is 12.6. The summed E-state index contributed by atoms with van der Waals surface area (Å²) in [6.07, 6.45) is 3.51. The van der Waals surface area contributed by atoms with Crippen LogP contribution in [0, 0.1) is 6.92 Å². The number of halogens is 2. The standard InChI is InChI=1S/C22H19F2N3O2.CH2O2/c1-14-10-18(29-20(23)24)7-8-19(14)22(13-28-21(25)27-22)17-6-2-4-15(11-17)16-5-3-9-26-12-16;2-1-3/h2-12,20H,13H2,1H3,(H2,25,27);1H,(H,2,3). The van der Waals surface area contributed by atoms with Crippen molar-refractivity contribution in [3.63, 3.8) is 0 Å². The monoisotopic (exact) mass is 441 g/mol. The van der Waals surface area contributed by atoms with Crippen molar-refractivity contribution in [2.24, 2.45) is 10.7 Å². The number of alkyl halides is 2. The fourth-order valence-electron chi connectivity index (χ4n) is 3.64. The van der Waals surface area contributed by atoms with Crippen molar-refractivity contribution >= 4 is 12.5 Å². The summed E-state index contributed by atoms with van der Waals surface area (Å²) in [6.45, 7) is -1.09. The number of carboxylic acid groups (broad SMARTS) is 1. The Bertz CT molecular complexity index is 1110. The molecule has 0 amide bonds. The molecule has 0 bridgehead atoms. The van der Waals surface area contributed by atoms with Crippen LogP contribution in [0.3, 0.4) is 0 Å². The summed E-state index contributed by atoms with van der Waals surface area (Å²) in [6, 6.07) is 16.6. The van der Waals surface area contributed by atoms with Crippen molar-refractivity contribution in [3.8, 4) is 16.9 Å². The average molecular weight is 441 g/mol. The molecule has 1 aromatic heterocycles. The Morgan fingerprint density at radius 2 is 1.94 bits per heavy atom. The number of aliphatic imine (C=N–C) groups is 1. The fraction of sp³-hybridized carbons (Fsp3) is 0.174. The van der Waals surface area contributed by atoms with Crippen molar-refractivity contribution in [3.05, 3.63) is 83.7 Å². The Morgan fingerprint density at radius 1 is 1.19 bits per heavy atom. The summed E-state index contributed by atoms with van der Waals surface area (Å²) in [5, 5.41) is 6.89. The number of hydrogen-bond donors (Lipinski definition) is 2. The molecule has 0 radical (unpaired) electrons. The summed E-state index contributed by atoms with van der Waals surface area (Å²) in [5.41, 5.74) is 9.38. The lowest BCUT2D eigenvalue weighted by Crippen LogP contribution is -2.28. The predicted octanol–water partition coefficient (Wildman–Crippen LogP) is 3.95. The Hall–Kier alpha value is -4.01. The number of aryl methyl sites for hydroxylation is 1. The summed E-state index contributed by atoms with van der Waals surface area (Å²) in [4.78, 5) is 17.2. The van der Waals surface area contributed by atoms with E-state index >= 15 is 0 Å². The minimum absolute atomic E-state index is 0.0871. The van der Waals surface area contributed by atoms with E-state index in [4.69, 9.17) is 20.4 Å². The van der Waals surface area contributed by atoms with E-state index in [1.54, 1.807) is 24.5 Å². The molecule has 32 heavy (non-hydrogen) atoms. The highest BCUT2D eigenvalue weighted by Gasteiger charge is 2.41. The van der Waals surface area contributed by atoms with Gasteiger partial charge in [0.1, 0.15) is 12.4 Å². The highest BCUT2D eigenvalue weighted by Crippen LogP contribution is 2.41. The van der Waals surface area contributed by atoms with Crippen molar-refractivity contribution in [1.82, 2.24) is 4.98 Å². The van der Waals surface area contributed by atoms with Crippen molar-refractivity contribution in [2.75, 3.05) is 6.61 Å². The van der Waals surface area contributed by atoms with Crippen LogP contribution in [-0.4, -0.2) is 35.8 Å². The Balaban J connectivity index is 0.000000913. The first-order valence-corrected chi connectivity index (χ1v) is 9.52. The van der Waals surface area contributed by atoms with Crippen LogP contribution in [0.4, 0.5) is 8.78 Å². The van der Waals surface area contributed by atoms with Crippen LogP contribution < -0.4 is 10.5 Å². The molecule has 1 aliphatic heterocycles. The summed E-state index contributed by atoms with van der Waals surface area (Å²) in [7, 11) is 0. The SMILES string of the molecule is Cc1cc(OC(F)F)ccc1C1(c2cccc(-c3cccnc3)c2)COC(N)=N1.O=CO. The molecule has 4 rings (SSSR count). The number of pyridine rings is 1. The van der Waals surface area contributed by atoms with Gasteiger partial charge in [0, 0.05) is 12.4 Å². The minimum Gasteiger partial charge on any atom is -0.483 e. The number of aromatic nitrogens is 1. The number of nitrogens with zero attached hydrogens (tertiary/aromatic N) is 2. The van der Waals surface area contributed by atoms with E-state index in [2.05, 4.69) is 14.7 Å². The average Bonchev–Trinajstić information content (AvgIpc) is 3.17. The molecule has 166 valence electrons. The summed E-state index contributed by atoms with van der Waals surface area (Å²) in [5.74, 6) is 0.0939. The third-order valence-corrected chi connectivity index (χ3v) is 4.93. The van der Waals surface area contributed by atoms with Crippen molar-refractivity contribution < 1.29 is 28.2 Å². The van der Waals surface area contributed by atoms with E-state index in [0.29, 0.717) is 0 Å². The van der Waals surface area contributed by atoms with Crippen LogP contribution in [-0.2, 0) is 15.1 Å². The molecule has 0 fully saturated rings. The number of ether oxygens (including phenoxy) is 2. The second-order valence-electron chi connectivity index (χ2n) is 6.88. The predicted molar refractivity (Wildman–Crippen MR) is 115 cm³/mol. The first-order chi connectivity index (χ1) is 15.4. The number of hydrogen-bond acceptors (Lipinski definition) is 6. The van der Waals surface area contributed by atoms with Crippen LogP contribution in [0.2, 0.25) is 0 Å². The van der Waals surface area contributed by atoms with Gasteiger partial charge in [-0.15, -0.1) is 0 Å². The van der Waals surface area contributed by atoms with Gasteiger partial charge in [0.2, 0.25) is 0 Å². The smallest absolute Gasteiger partial charge is 0.387 e. The molecule has 3 aromatic rings. The van der Waals surface area contributed by atoms with Gasteiger partial charge in [0.25, 0.3) is 12.5 Å². The maximum atomic E-state index is 12.6. The van der Waals surface area contributed by atoms with E-state index in [0.717, 1.165) is 27.8 Å². The topological polar surface area (TPSA) is 107 Å². The van der Waals surface area contributed by atoms with Gasteiger partial charge in [-0.3, -0.25) is 9.78 Å². The number of benzene rings is 2. The molecule has 9 heteroatoms. The normalized spacial score (nSPS) is 17.1. The van der Waals surface area contributed by atoms with Gasteiger partial charge < -0.3 is 20.3 Å².